The molecule has 0 atom stereocenters. The minimum atomic E-state index is -1.05. The maximum absolute atomic E-state index is 13.3. The number of ketones is 1. The van der Waals surface area contributed by atoms with Crippen molar-refractivity contribution < 1.29 is 29.0 Å². The zero-order valence-corrected chi connectivity index (χ0v) is 17.9. The molecule has 8 nitrogen and oxygen atoms in total. The minimum Gasteiger partial charge on any atom is -0.506 e. The number of benzene rings is 2. The van der Waals surface area contributed by atoms with Gasteiger partial charge in [-0.25, -0.2) is 9.79 Å². The van der Waals surface area contributed by atoms with E-state index < -0.39 is 34.7 Å². The molecule has 1 aliphatic heterocycles. The van der Waals surface area contributed by atoms with Crippen LogP contribution in [-0.2, 0) is 23.9 Å². The molecule has 166 valence electrons. The van der Waals surface area contributed by atoms with E-state index in [1.807, 2.05) is 6.92 Å². The predicted molar refractivity (Wildman–Crippen MR) is 119 cm³/mol. The molecule has 1 heterocycles. The average molecular weight is 436 g/mol. The highest BCUT2D eigenvalue weighted by Gasteiger charge is 2.35. The quantitative estimate of drug-likeness (QED) is 0.245. The molecule has 2 aromatic carbocycles. The number of esters is 1. The van der Waals surface area contributed by atoms with Crippen molar-refractivity contribution in [2.24, 2.45) is 4.99 Å². The van der Waals surface area contributed by atoms with Crippen molar-refractivity contribution in [3.8, 4) is 0 Å². The van der Waals surface area contributed by atoms with Gasteiger partial charge in [-0.3, -0.25) is 9.59 Å². The first-order valence-corrected chi connectivity index (χ1v) is 10.1. The van der Waals surface area contributed by atoms with Crippen LogP contribution in [0.4, 0.5) is 5.69 Å². The summed E-state index contributed by atoms with van der Waals surface area (Å²) in [5, 5.41) is 11.0. The Labute approximate surface area is 185 Å². The van der Waals surface area contributed by atoms with Crippen LogP contribution >= 0.6 is 0 Å². The highest BCUT2D eigenvalue weighted by Crippen LogP contribution is 2.23. The molecule has 1 N–H and O–H groups in total. The number of carbonyl (C=O) groups is 3. The molecule has 0 bridgehead atoms. The van der Waals surface area contributed by atoms with Gasteiger partial charge in [-0.1, -0.05) is 48.0 Å². The van der Waals surface area contributed by atoms with Gasteiger partial charge in [0.05, 0.1) is 26.0 Å². The predicted octanol–water partition coefficient (Wildman–Crippen LogP) is 2.64. The van der Waals surface area contributed by atoms with E-state index in [1.165, 1.54) is 4.90 Å². The van der Waals surface area contributed by atoms with Gasteiger partial charge in [0.1, 0.15) is 11.3 Å². The van der Waals surface area contributed by atoms with E-state index >= 15 is 0 Å². The van der Waals surface area contributed by atoms with Gasteiger partial charge in [0.25, 0.3) is 11.7 Å². The number of morpholine rings is 1. The van der Waals surface area contributed by atoms with Gasteiger partial charge in [0.15, 0.2) is 5.71 Å². The number of aliphatic hydroxyl groups excluding tert-OH is 1. The molecular formula is C24H24N2O6. The Morgan fingerprint density at radius 3 is 2.22 bits per heavy atom. The number of nitrogens with zero attached hydrogens (tertiary/aromatic N) is 2. The molecule has 1 amide bonds. The van der Waals surface area contributed by atoms with E-state index in [9.17, 15) is 19.5 Å². The maximum atomic E-state index is 13.3. The molecule has 0 radical (unpaired) electrons. The Morgan fingerprint density at radius 2 is 1.62 bits per heavy atom. The minimum absolute atomic E-state index is 0.229. The monoisotopic (exact) mass is 436 g/mol. The van der Waals surface area contributed by atoms with Gasteiger partial charge in [-0.2, -0.15) is 0 Å². The number of methoxy groups -OCH3 is 1. The molecule has 1 aliphatic rings. The molecule has 1 fully saturated rings. The van der Waals surface area contributed by atoms with Crippen molar-refractivity contribution in [2.45, 2.75) is 6.92 Å². The summed E-state index contributed by atoms with van der Waals surface area (Å²) in [4.78, 5) is 44.5. The second-order valence-electron chi connectivity index (χ2n) is 7.11. The van der Waals surface area contributed by atoms with Crippen molar-refractivity contribution in [1.29, 1.82) is 0 Å². The van der Waals surface area contributed by atoms with Crippen LogP contribution in [0.25, 0.3) is 5.76 Å². The summed E-state index contributed by atoms with van der Waals surface area (Å²) in [7, 11) is 1.14. The van der Waals surface area contributed by atoms with E-state index in [2.05, 4.69) is 4.99 Å². The number of aliphatic imine (C=N–C) groups is 1. The molecule has 0 saturated carbocycles. The largest absolute Gasteiger partial charge is 0.506 e. The second-order valence-corrected chi connectivity index (χ2v) is 7.11. The zero-order chi connectivity index (χ0) is 23.1. The number of hydrogen-bond donors (Lipinski definition) is 1. The molecule has 0 aromatic heterocycles. The number of Topliss-reactive ketones (excluding diaryl/α,β-unsaturated/α-hetero) is 1. The Hall–Kier alpha value is -3.78. The molecule has 1 saturated heterocycles. The van der Waals surface area contributed by atoms with Crippen molar-refractivity contribution in [2.75, 3.05) is 33.4 Å². The average Bonchev–Trinajstić information content (AvgIpc) is 2.84. The first-order chi connectivity index (χ1) is 15.4. The summed E-state index contributed by atoms with van der Waals surface area (Å²) < 4.78 is 10.1. The second kappa shape index (κ2) is 10.5. The third kappa shape index (κ3) is 5.28. The first-order valence-electron chi connectivity index (χ1n) is 10.1. The van der Waals surface area contributed by atoms with Gasteiger partial charge >= 0.3 is 5.97 Å². The lowest BCUT2D eigenvalue weighted by atomic mass is 9.98. The standard InChI is InChI=1S/C24H24N2O6/c1-16-8-10-18(11-9-16)25-20(24(30)31-2)19(21(27)17-6-4-3-5-7-17)22(28)23(29)26-12-14-32-15-13-26/h3-11,27H,12-15H2,1-2H3/b21-19+,25-20?. The fourth-order valence-corrected chi connectivity index (χ4v) is 3.13. The van der Waals surface area contributed by atoms with Crippen LogP contribution in [0.5, 0.6) is 0 Å². The molecule has 0 unspecified atom stereocenters. The van der Waals surface area contributed by atoms with Crippen LogP contribution in [0.2, 0.25) is 0 Å². The summed E-state index contributed by atoms with van der Waals surface area (Å²) in [5.74, 6) is -3.39. The summed E-state index contributed by atoms with van der Waals surface area (Å²) in [6.07, 6.45) is 0. The summed E-state index contributed by atoms with van der Waals surface area (Å²) in [6, 6.07) is 15.1. The Bertz CT molecular complexity index is 1050. The van der Waals surface area contributed by atoms with Gasteiger partial charge < -0.3 is 19.5 Å². The molecule has 32 heavy (non-hydrogen) atoms. The maximum Gasteiger partial charge on any atom is 0.357 e. The van der Waals surface area contributed by atoms with Gasteiger partial charge in [0, 0.05) is 18.7 Å². The summed E-state index contributed by atoms with van der Waals surface area (Å²) >= 11 is 0. The van der Waals surface area contributed by atoms with E-state index in [0.717, 1.165) is 12.7 Å². The van der Waals surface area contributed by atoms with Crippen LogP contribution in [0.1, 0.15) is 11.1 Å². The van der Waals surface area contributed by atoms with Crippen molar-refractivity contribution >= 4 is 34.8 Å². The number of aliphatic hydroxyl groups is 1. The SMILES string of the molecule is COC(=O)C(=Nc1ccc(C)cc1)/C(C(=O)C(=O)N1CCOCC1)=C(\O)c1ccccc1. The number of ether oxygens (including phenoxy) is 2. The zero-order valence-electron chi connectivity index (χ0n) is 17.9. The van der Waals surface area contributed by atoms with Gasteiger partial charge in [-0.05, 0) is 19.1 Å². The van der Waals surface area contributed by atoms with Crippen LogP contribution in [0.3, 0.4) is 0 Å². The smallest absolute Gasteiger partial charge is 0.357 e. The van der Waals surface area contributed by atoms with E-state index in [4.69, 9.17) is 9.47 Å². The highest BCUT2D eigenvalue weighted by atomic mass is 16.5. The van der Waals surface area contributed by atoms with Crippen LogP contribution in [-0.4, -0.2) is 66.8 Å². The summed E-state index contributed by atoms with van der Waals surface area (Å²) in [5.41, 5.74) is 0.626. The third-order valence-corrected chi connectivity index (χ3v) is 4.89. The molecule has 2 aromatic rings. The molecule has 3 rings (SSSR count). The van der Waals surface area contributed by atoms with Gasteiger partial charge in [0.2, 0.25) is 0 Å². The normalized spacial score (nSPS) is 15.1. The highest BCUT2D eigenvalue weighted by molar-refractivity contribution is 6.60. The first kappa shape index (κ1) is 22.9. The lowest BCUT2D eigenvalue weighted by Crippen LogP contribution is -2.45. The molecule has 8 heteroatoms. The van der Waals surface area contributed by atoms with Crippen molar-refractivity contribution in [3.05, 3.63) is 71.3 Å². The fraction of sp³-hybridized carbons (Fsp3) is 0.250. The Kier molecular flexibility index (Phi) is 7.51. The van der Waals surface area contributed by atoms with Crippen LogP contribution in [0.15, 0.2) is 65.2 Å². The van der Waals surface area contributed by atoms with E-state index in [0.29, 0.717) is 18.9 Å². The molecule has 0 spiro atoms. The third-order valence-electron chi connectivity index (χ3n) is 4.89. The molecule has 0 aliphatic carbocycles. The van der Waals surface area contributed by atoms with Crippen LogP contribution < -0.4 is 0 Å². The van der Waals surface area contributed by atoms with E-state index in [1.54, 1.807) is 54.6 Å². The number of aryl methyl sites for hydroxylation is 1. The lowest BCUT2D eigenvalue weighted by Gasteiger charge is -2.26. The number of carbonyl (C=O) groups excluding carboxylic acids is 3. The van der Waals surface area contributed by atoms with Crippen LogP contribution in [0, 0.1) is 6.92 Å². The molecular weight excluding hydrogens is 412 g/mol. The fourth-order valence-electron chi connectivity index (χ4n) is 3.13. The lowest BCUT2D eigenvalue weighted by molar-refractivity contribution is -0.145. The number of hydrogen-bond acceptors (Lipinski definition) is 7. The number of amides is 1. The summed E-state index contributed by atoms with van der Waals surface area (Å²) in [6.45, 7) is 2.94. The van der Waals surface area contributed by atoms with Gasteiger partial charge in [-0.15, -0.1) is 0 Å². The Balaban J connectivity index is 2.16. The Morgan fingerprint density at radius 1 is 1.00 bits per heavy atom. The van der Waals surface area contributed by atoms with Crippen molar-refractivity contribution in [3.63, 3.8) is 0 Å². The van der Waals surface area contributed by atoms with Crippen molar-refractivity contribution in [1.82, 2.24) is 4.90 Å². The topological polar surface area (TPSA) is 106 Å². The van der Waals surface area contributed by atoms with E-state index in [-0.39, 0.29) is 18.7 Å². The number of rotatable bonds is 6.